The van der Waals surface area contributed by atoms with E-state index in [4.69, 9.17) is 29.6 Å². The van der Waals surface area contributed by atoms with Crippen molar-refractivity contribution >= 4 is 62.9 Å². The lowest BCUT2D eigenvalue weighted by Gasteiger charge is -2.09. The van der Waals surface area contributed by atoms with E-state index in [1.54, 1.807) is 12.3 Å². The van der Waals surface area contributed by atoms with Crippen molar-refractivity contribution in [1.29, 1.82) is 0 Å². The summed E-state index contributed by atoms with van der Waals surface area (Å²) in [7, 11) is 0. The summed E-state index contributed by atoms with van der Waals surface area (Å²) in [5.41, 5.74) is 7.30. The number of benzene rings is 1. The lowest BCUT2D eigenvalue weighted by Crippen LogP contribution is -2.10. The maximum Gasteiger partial charge on any atom is 0.131 e. The number of aromatic nitrogens is 1. The summed E-state index contributed by atoms with van der Waals surface area (Å²) < 4.78 is 1.02. The minimum Gasteiger partial charge on any atom is -0.389 e. The van der Waals surface area contributed by atoms with Crippen LogP contribution in [0.3, 0.4) is 0 Å². The number of pyridine rings is 1. The van der Waals surface area contributed by atoms with Crippen molar-refractivity contribution in [3.63, 3.8) is 0 Å². The van der Waals surface area contributed by atoms with Crippen LogP contribution in [-0.4, -0.2) is 9.97 Å². The first-order chi connectivity index (χ1) is 8.56. The van der Waals surface area contributed by atoms with Crippen molar-refractivity contribution in [1.82, 2.24) is 4.98 Å². The molecular weight excluding hydrogens is 381 g/mol. The summed E-state index contributed by atoms with van der Waals surface area (Å²) in [5, 5.41) is 3.91. The summed E-state index contributed by atoms with van der Waals surface area (Å²) in [4.78, 5) is 4.57. The first-order valence-corrected chi connectivity index (χ1v) is 6.90. The van der Waals surface area contributed by atoms with Crippen LogP contribution in [0.5, 0.6) is 0 Å². The van der Waals surface area contributed by atoms with E-state index in [1.165, 1.54) is 0 Å². The molecular formula is C12H9ClIN3S. The van der Waals surface area contributed by atoms with Gasteiger partial charge in [-0.3, -0.25) is 0 Å². The highest BCUT2D eigenvalue weighted by molar-refractivity contribution is 14.1. The molecule has 3 nitrogen and oxygen atoms in total. The molecule has 0 saturated carbocycles. The van der Waals surface area contributed by atoms with Gasteiger partial charge in [0.1, 0.15) is 10.8 Å². The topological polar surface area (TPSA) is 50.9 Å². The van der Waals surface area contributed by atoms with Crippen LogP contribution in [0, 0.1) is 3.57 Å². The Morgan fingerprint density at radius 3 is 2.78 bits per heavy atom. The SMILES string of the molecule is NC(=S)c1ccnc(Nc2ccc(Cl)cc2I)c1. The standard InChI is InChI=1S/C12H9ClIN3S/c13-8-1-2-10(9(14)6-8)17-11-5-7(12(15)18)3-4-16-11/h1-6H,(H2,15,18)(H,16,17). The normalized spacial score (nSPS) is 10.1. The van der Waals surface area contributed by atoms with Crippen LogP contribution in [0.15, 0.2) is 36.5 Å². The predicted molar refractivity (Wildman–Crippen MR) is 87.6 cm³/mol. The first kappa shape index (κ1) is 13.5. The Bertz CT molecular complexity index is 604. The maximum atomic E-state index is 5.90. The van der Waals surface area contributed by atoms with E-state index in [0.29, 0.717) is 15.8 Å². The van der Waals surface area contributed by atoms with Gasteiger partial charge < -0.3 is 11.1 Å². The number of nitrogens with zero attached hydrogens (tertiary/aromatic N) is 1. The van der Waals surface area contributed by atoms with Crippen molar-refractivity contribution in [3.05, 3.63) is 50.7 Å². The molecule has 0 aliphatic rings. The summed E-state index contributed by atoms with van der Waals surface area (Å²) in [5.74, 6) is 0.695. The third-order valence-electron chi connectivity index (χ3n) is 2.24. The highest BCUT2D eigenvalue weighted by Crippen LogP contribution is 2.25. The monoisotopic (exact) mass is 389 g/mol. The molecule has 1 aromatic carbocycles. The molecule has 1 aromatic heterocycles. The fourth-order valence-corrected chi connectivity index (χ4v) is 2.51. The number of nitrogens with two attached hydrogens (primary N) is 1. The maximum absolute atomic E-state index is 5.90. The Kier molecular flexibility index (Phi) is 4.36. The Labute approximate surface area is 129 Å². The largest absolute Gasteiger partial charge is 0.389 e. The van der Waals surface area contributed by atoms with Crippen LogP contribution in [0.1, 0.15) is 5.56 Å². The average molecular weight is 390 g/mol. The van der Waals surface area contributed by atoms with Gasteiger partial charge in [0.25, 0.3) is 0 Å². The average Bonchev–Trinajstić information content (AvgIpc) is 2.33. The predicted octanol–water partition coefficient (Wildman–Crippen LogP) is 3.72. The van der Waals surface area contributed by atoms with E-state index < -0.39 is 0 Å². The van der Waals surface area contributed by atoms with Crippen LogP contribution >= 0.6 is 46.4 Å². The highest BCUT2D eigenvalue weighted by atomic mass is 127. The minimum absolute atomic E-state index is 0.353. The molecule has 0 fully saturated rings. The van der Waals surface area contributed by atoms with Crippen LogP contribution < -0.4 is 11.1 Å². The minimum atomic E-state index is 0.353. The van der Waals surface area contributed by atoms with E-state index in [-0.39, 0.29) is 0 Å². The Morgan fingerprint density at radius 2 is 2.11 bits per heavy atom. The van der Waals surface area contributed by atoms with Crippen molar-refractivity contribution in [2.45, 2.75) is 0 Å². The second-order valence-electron chi connectivity index (χ2n) is 3.54. The zero-order chi connectivity index (χ0) is 13.1. The molecule has 0 atom stereocenters. The highest BCUT2D eigenvalue weighted by Gasteiger charge is 2.03. The molecule has 2 aromatic rings. The van der Waals surface area contributed by atoms with Crippen LogP contribution in [0.4, 0.5) is 11.5 Å². The molecule has 0 amide bonds. The molecule has 92 valence electrons. The summed E-state index contributed by atoms with van der Waals surface area (Å²) in [6, 6.07) is 9.19. The van der Waals surface area contributed by atoms with Gasteiger partial charge in [-0.2, -0.15) is 0 Å². The third kappa shape index (κ3) is 3.30. The fourth-order valence-electron chi connectivity index (χ4n) is 1.38. The molecule has 0 aliphatic carbocycles. The summed E-state index contributed by atoms with van der Waals surface area (Å²) in [6.07, 6.45) is 1.67. The van der Waals surface area contributed by atoms with Crippen LogP contribution in [0.25, 0.3) is 0 Å². The van der Waals surface area contributed by atoms with Gasteiger partial charge in [0.2, 0.25) is 0 Å². The zero-order valence-electron chi connectivity index (χ0n) is 9.15. The first-order valence-electron chi connectivity index (χ1n) is 5.04. The number of rotatable bonds is 3. The Hall–Kier alpha value is -0.920. The van der Waals surface area contributed by atoms with Gasteiger partial charge in [0.05, 0.1) is 5.69 Å². The quantitative estimate of drug-likeness (QED) is 0.620. The van der Waals surface area contributed by atoms with Gasteiger partial charge in [-0.1, -0.05) is 23.8 Å². The number of nitrogens with one attached hydrogen (secondary N) is 1. The van der Waals surface area contributed by atoms with E-state index in [0.717, 1.165) is 14.8 Å². The molecule has 0 aliphatic heterocycles. The smallest absolute Gasteiger partial charge is 0.131 e. The zero-order valence-corrected chi connectivity index (χ0v) is 12.9. The molecule has 2 rings (SSSR count). The van der Waals surface area contributed by atoms with E-state index >= 15 is 0 Å². The molecule has 3 N–H and O–H groups in total. The number of halogens is 2. The van der Waals surface area contributed by atoms with E-state index in [1.807, 2.05) is 24.3 Å². The summed E-state index contributed by atoms with van der Waals surface area (Å²) in [6.45, 7) is 0. The molecule has 0 unspecified atom stereocenters. The lowest BCUT2D eigenvalue weighted by atomic mass is 10.2. The van der Waals surface area contributed by atoms with Gasteiger partial charge in [-0.15, -0.1) is 0 Å². The van der Waals surface area contributed by atoms with Crippen molar-refractivity contribution < 1.29 is 0 Å². The molecule has 0 bridgehead atoms. The Balaban J connectivity index is 2.28. The molecule has 0 saturated heterocycles. The van der Waals surface area contributed by atoms with Crippen LogP contribution in [-0.2, 0) is 0 Å². The molecule has 1 heterocycles. The second kappa shape index (κ2) is 5.81. The van der Waals surface area contributed by atoms with Gasteiger partial charge in [0, 0.05) is 20.4 Å². The van der Waals surface area contributed by atoms with E-state index in [9.17, 15) is 0 Å². The molecule has 18 heavy (non-hydrogen) atoms. The number of thiocarbonyl (C=S) groups is 1. The number of anilines is 2. The van der Waals surface area contributed by atoms with Gasteiger partial charge in [0.15, 0.2) is 0 Å². The fraction of sp³-hybridized carbons (Fsp3) is 0. The molecule has 0 radical (unpaired) electrons. The van der Waals surface area contributed by atoms with Crippen molar-refractivity contribution in [2.24, 2.45) is 5.73 Å². The summed E-state index contributed by atoms with van der Waals surface area (Å²) >= 11 is 13.0. The number of hydrogen-bond donors (Lipinski definition) is 2. The molecule has 6 heteroatoms. The van der Waals surface area contributed by atoms with E-state index in [2.05, 4.69) is 32.9 Å². The van der Waals surface area contributed by atoms with Crippen LogP contribution in [0.2, 0.25) is 5.02 Å². The van der Waals surface area contributed by atoms with Gasteiger partial charge in [-0.25, -0.2) is 4.98 Å². The van der Waals surface area contributed by atoms with Crippen molar-refractivity contribution in [3.8, 4) is 0 Å². The van der Waals surface area contributed by atoms with Gasteiger partial charge in [-0.05, 0) is 52.9 Å². The number of hydrogen-bond acceptors (Lipinski definition) is 3. The van der Waals surface area contributed by atoms with Gasteiger partial charge >= 0.3 is 0 Å². The third-order valence-corrected chi connectivity index (χ3v) is 3.60. The van der Waals surface area contributed by atoms with Crippen molar-refractivity contribution in [2.75, 3.05) is 5.32 Å². The lowest BCUT2D eigenvalue weighted by molar-refractivity contribution is 1.30. The Morgan fingerprint density at radius 1 is 1.33 bits per heavy atom. The molecule has 0 spiro atoms. The second-order valence-corrected chi connectivity index (χ2v) is 5.58.